The first-order chi connectivity index (χ1) is 7.66. The van der Waals surface area contributed by atoms with Crippen LogP contribution >= 0.6 is 0 Å². The van der Waals surface area contributed by atoms with Gasteiger partial charge in [-0.2, -0.15) is 0 Å². The molecule has 88 valence electrons. The molecule has 0 amide bonds. The number of hydrogen-bond acceptors (Lipinski definition) is 1. The van der Waals surface area contributed by atoms with Crippen molar-refractivity contribution >= 4 is 0 Å². The van der Waals surface area contributed by atoms with E-state index in [4.69, 9.17) is 0 Å². The van der Waals surface area contributed by atoms with Crippen LogP contribution in [0.15, 0.2) is 18.2 Å². The van der Waals surface area contributed by atoms with Crippen LogP contribution in [-0.4, -0.2) is 6.04 Å². The molecular weight excluding hydrogens is 208 g/mol. The van der Waals surface area contributed by atoms with E-state index in [0.717, 1.165) is 24.8 Å². The first-order valence-electron chi connectivity index (χ1n) is 5.83. The van der Waals surface area contributed by atoms with Crippen LogP contribution in [0.1, 0.15) is 31.7 Å². The summed E-state index contributed by atoms with van der Waals surface area (Å²) in [5.41, 5.74) is 0.416. The third-order valence-electron chi connectivity index (χ3n) is 3.31. The average Bonchev–Trinajstić information content (AvgIpc) is 2.67. The molecule has 1 fully saturated rings. The lowest BCUT2D eigenvalue weighted by atomic mass is 10.1. The lowest BCUT2D eigenvalue weighted by Crippen LogP contribution is -2.26. The van der Waals surface area contributed by atoms with Gasteiger partial charge in [-0.15, -0.1) is 0 Å². The minimum atomic E-state index is -0.765. The maximum atomic E-state index is 13.3. The van der Waals surface area contributed by atoms with Crippen LogP contribution in [-0.2, 0) is 6.54 Å². The van der Waals surface area contributed by atoms with Gasteiger partial charge in [0, 0.05) is 18.2 Å². The molecule has 1 N–H and O–H groups in total. The summed E-state index contributed by atoms with van der Waals surface area (Å²) in [5.74, 6) is -0.741. The number of rotatable bonds is 3. The molecule has 1 saturated carbocycles. The molecule has 1 aliphatic rings. The van der Waals surface area contributed by atoms with Gasteiger partial charge in [0.25, 0.3) is 0 Å². The van der Waals surface area contributed by atoms with Gasteiger partial charge in [-0.1, -0.05) is 19.1 Å². The molecule has 0 aromatic heterocycles. The fourth-order valence-electron chi connectivity index (χ4n) is 2.33. The van der Waals surface area contributed by atoms with E-state index in [2.05, 4.69) is 12.2 Å². The average molecular weight is 225 g/mol. The van der Waals surface area contributed by atoms with Crippen LogP contribution in [0.4, 0.5) is 8.78 Å². The zero-order chi connectivity index (χ0) is 11.5. The molecular formula is C13H17F2N. The van der Waals surface area contributed by atoms with Gasteiger partial charge in [0.15, 0.2) is 11.6 Å². The lowest BCUT2D eigenvalue weighted by Gasteiger charge is -2.12. The number of halogens is 2. The van der Waals surface area contributed by atoms with Gasteiger partial charge in [-0.25, -0.2) is 8.78 Å². The minimum absolute atomic E-state index is 0.416. The van der Waals surface area contributed by atoms with Crippen molar-refractivity contribution in [2.75, 3.05) is 0 Å². The molecule has 0 heterocycles. The van der Waals surface area contributed by atoms with Crippen molar-refractivity contribution < 1.29 is 8.78 Å². The Balaban J connectivity index is 1.92. The van der Waals surface area contributed by atoms with Gasteiger partial charge in [0.2, 0.25) is 0 Å². The Bertz CT molecular complexity index is 365. The Hall–Kier alpha value is -0.960. The SMILES string of the molecule is CC1CCC(NCc2cccc(F)c2F)C1. The topological polar surface area (TPSA) is 12.0 Å². The van der Waals surface area contributed by atoms with Gasteiger partial charge < -0.3 is 5.32 Å². The summed E-state index contributed by atoms with van der Waals surface area (Å²) in [7, 11) is 0. The first kappa shape index (κ1) is 11.5. The van der Waals surface area contributed by atoms with Crippen LogP contribution in [0.5, 0.6) is 0 Å². The third-order valence-corrected chi connectivity index (χ3v) is 3.31. The molecule has 2 unspecified atom stereocenters. The van der Waals surface area contributed by atoms with Gasteiger partial charge in [0.1, 0.15) is 0 Å². The summed E-state index contributed by atoms with van der Waals surface area (Å²) >= 11 is 0. The molecule has 1 aromatic rings. The predicted octanol–water partition coefficient (Wildman–Crippen LogP) is 3.24. The Morgan fingerprint density at radius 2 is 2.12 bits per heavy atom. The summed E-state index contributed by atoms with van der Waals surface area (Å²) in [5, 5.41) is 3.29. The Labute approximate surface area is 94.9 Å². The van der Waals surface area contributed by atoms with Crippen molar-refractivity contribution in [3.8, 4) is 0 Å². The fourth-order valence-corrected chi connectivity index (χ4v) is 2.33. The lowest BCUT2D eigenvalue weighted by molar-refractivity contribution is 0.469. The first-order valence-corrected chi connectivity index (χ1v) is 5.83. The molecule has 2 rings (SSSR count). The Kier molecular flexibility index (Phi) is 3.54. The second kappa shape index (κ2) is 4.91. The summed E-state index contributed by atoms with van der Waals surface area (Å²) in [6, 6.07) is 4.78. The van der Waals surface area contributed by atoms with Crippen molar-refractivity contribution in [1.29, 1.82) is 0 Å². The molecule has 0 bridgehead atoms. The van der Waals surface area contributed by atoms with E-state index in [0.29, 0.717) is 18.2 Å². The smallest absolute Gasteiger partial charge is 0.163 e. The standard InChI is InChI=1S/C13H17F2N/c1-9-5-6-11(7-9)16-8-10-3-2-4-12(14)13(10)15/h2-4,9,11,16H,5-8H2,1H3. The molecule has 1 aromatic carbocycles. The van der Waals surface area contributed by atoms with Crippen LogP contribution in [0, 0.1) is 17.6 Å². The van der Waals surface area contributed by atoms with Gasteiger partial charge in [-0.3, -0.25) is 0 Å². The number of nitrogens with one attached hydrogen (secondary N) is 1. The minimum Gasteiger partial charge on any atom is -0.310 e. The van der Waals surface area contributed by atoms with E-state index in [1.54, 1.807) is 12.1 Å². The van der Waals surface area contributed by atoms with Crippen molar-refractivity contribution in [2.45, 2.75) is 38.8 Å². The maximum Gasteiger partial charge on any atom is 0.163 e. The van der Waals surface area contributed by atoms with Crippen molar-refractivity contribution in [3.05, 3.63) is 35.4 Å². The highest BCUT2D eigenvalue weighted by molar-refractivity contribution is 5.18. The fraction of sp³-hybridized carbons (Fsp3) is 0.538. The predicted molar refractivity (Wildman–Crippen MR) is 60.0 cm³/mol. The van der Waals surface area contributed by atoms with Crippen LogP contribution in [0.25, 0.3) is 0 Å². The van der Waals surface area contributed by atoms with Crippen molar-refractivity contribution in [3.63, 3.8) is 0 Å². The Morgan fingerprint density at radius 3 is 2.81 bits per heavy atom. The molecule has 16 heavy (non-hydrogen) atoms. The van der Waals surface area contributed by atoms with E-state index in [9.17, 15) is 8.78 Å². The molecule has 2 atom stereocenters. The van der Waals surface area contributed by atoms with E-state index < -0.39 is 11.6 Å². The molecule has 3 heteroatoms. The van der Waals surface area contributed by atoms with E-state index in [1.807, 2.05) is 0 Å². The Morgan fingerprint density at radius 1 is 1.31 bits per heavy atom. The van der Waals surface area contributed by atoms with Gasteiger partial charge >= 0.3 is 0 Å². The van der Waals surface area contributed by atoms with Crippen molar-refractivity contribution in [2.24, 2.45) is 5.92 Å². The van der Waals surface area contributed by atoms with E-state index in [-0.39, 0.29) is 0 Å². The number of benzene rings is 1. The van der Waals surface area contributed by atoms with Crippen LogP contribution in [0.3, 0.4) is 0 Å². The summed E-state index contributed by atoms with van der Waals surface area (Å²) in [4.78, 5) is 0. The zero-order valence-electron chi connectivity index (χ0n) is 9.47. The summed E-state index contributed by atoms with van der Waals surface area (Å²) in [6.45, 7) is 2.64. The second-order valence-electron chi connectivity index (χ2n) is 4.71. The molecule has 0 saturated heterocycles. The van der Waals surface area contributed by atoms with Gasteiger partial charge in [0.05, 0.1) is 0 Å². The summed E-state index contributed by atoms with van der Waals surface area (Å²) < 4.78 is 26.3. The normalized spacial score (nSPS) is 24.9. The van der Waals surface area contributed by atoms with Crippen molar-refractivity contribution in [1.82, 2.24) is 5.32 Å². The van der Waals surface area contributed by atoms with Crippen LogP contribution < -0.4 is 5.32 Å². The molecule has 0 aliphatic heterocycles. The van der Waals surface area contributed by atoms with Gasteiger partial charge in [-0.05, 0) is 31.2 Å². The highest BCUT2D eigenvalue weighted by Crippen LogP contribution is 2.25. The maximum absolute atomic E-state index is 13.3. The molecule has 1 aliphatic carbocycles. The largest absolute Gasteiger partial charge is 0.310 e. The second-order valence-corrected chi connectivity index (χ2v) is 4.71. The molecule has 1 nitrogen and oxygen atoms in total. The number of hydrogen-bond donors (Lipinski definition) is 1. The quantitative estimate of drug-likeness (QED) is 0.832. The molecule has 0 radical (unpaired) electrons. The van der Waals surface area contributed by atoms with E-state index >= 15 is 0 Å². The molecule has 0 spiro atoms. The highest BCUT2D eigenvalue weighted by atomic mass is 19.2. The van der Waals surface area contributed by atoms with Crippen LogP contribution in [0.2, 0.25) is 0 Å². The summed E-state index contributed by atoms with van der Waals surface area (Å²) in [6.07, 6.45) is 3.50. The monoisotopic (exact) mass is 225 g/mol. The third kappa shape index (κ3) is 2.59. The van der Waals surface area contributed by atoms with E-state index in [1.165, 1.54) is 6.42 Å². The zero-order valence-corrected chi connectivity index (χ0v) is 9.47. The highest BCUT2D eigenvalue weighted by Gasteiger charge is 2.20.